The van der Waals surface area contributed by atoms with Crippen LogP contribution >= 0.6 is 0 Å². The number of carbonyl (C=O) groups is 4. The maximum Gasteiger partial charge on any atom is 0.405 e. The summed E-state index contributed by atoms with van der Waals surface area (Å²) in [5.74, 6) is -2.87. The number of H-pyrrole nitrogens is 2. The highest BCUT2D eigenvalue weighted by atomic mass is 19.1. The molecular weight excluding hydrogens is 1010 g/mol. The van der Waals surface area contributed by atoms with Crippen LogP contribution in [0.1, 0.15) is 132 Å². The lowest BCUT2D eigenvalue weighted by Gasteiger charge is -2.52. The predicted octanol–water partition coefficient (Wildman–Crippen LogP) is 8.44. The van der Waals surface area contributed by atoms with Gasteiger partial charge < -0.3 is 59.9 Å². The van der Waals surface area contributed by atoms with Crippen molar-refractivity contribution in [3.05, 3.63) is 82.9 Å². The van der Waals surface area contributed by atoms with Crippen molar-refractivity contribution in [3.63, 3.8) is 0 Å². The van der Waals surface area contributed by atoms with E-state index in [2.05, 4.69) is 49.8 Å². The molecule has 10 atom stereocenters. The minimum atomic E-state index is -1.85. The van der Waals surface area contributed by atoms with Crippen LogP contribution in [0.4, 0.5) is 29.7 Å². The number of carboxylic acid groups (broad SMARTS) is 2. The SMILES string of the molecule is O=C(O)NC1(C2CCOCC2)C(=O)N2C([C@H]3CC[C@@H](C4C[C@@H]5CCC[C@@]56c5ccc7[nH]c(nc7c5)[C@@](NC(=O)O)(C5CCOCC5)C(=O)N46)N3c3cc(F)c(N4CCCCC4)c(F)c3)CC3CCCC32c2ccc3[nH]c1nc3c2. The molecule has 2 saturated carbocycles. The smallest absolute Gasteiger partial charge is 0.405 e. The van der Waals surface area contributed by atoms with Gasteiger partial charge in [0.2, 0.25) is 0 Å². The summed E-state index contributed by atoms with van der Waals surface area (Å²) in [5.41, 5.74) is -0.646. The average Bonchev–Trinajstić information content (AvgIpc) is 3.87. The Balaban J connectivity index is 0.929. The molecule has 20 heteroatoms. The summed E-state index contributed by atoms with van der Waals surface area (Å²) < 4.78 is 46.6. The number of imidazole rings is 2. The number of piperidine rings is 1. The molecule has 2 aromatic heterocycles. The molecule has 5 aromatic rings. The molecule has 8 fully saturated rings. The monoisotopic (exact) mass is 1080 g/mol. The highest BCUT2D eigenvalue weighted by Gasteiger charge is 2.69. The molecule has 10 heterocycles. The molecule has 2 spiro atoms. The number of benzene rings is 3. The first-order valence-electron chi connectivity index (χ1n) is 29.3. The van der Waals surface area contributed by atoms with Gasteiger partial charge in [0.25, 0.3) is 11.8 Å². The van der Waals surface area contributed by atoms with Crippen molar-refractivity contribution in [2.45, 2.75) is 155 Å². The Morgan fingerprint density at radius 2 is 1.04 bits per heavy atom. The number of amides is 4. The highest BCUT2D eigenvalue weighted by molar-refractivity contribution is 5.95. The lowest BCUT2D eigenvalue weighted by atomic mass is 9.74. The maximum atomic E-state index is 17.4. The fourth-order valence-electron chi connectivity index (χ4n) is 18.5. The first-order chi connectivity index (χ1) is 38.4. The second kappa shape index (κ2) is 18.0. The van der Waals surface area contributed by atoms with Gasteiger partial charge in [0.1, 0.15) is 17.3 Å². The summed E-state index contributed by atoms with van der Waals surface area (Å²) in [6.45, 7) is 2.37. The third-order valence-corrected chi connectivity index (χ3v) is 21.6. The van der Waals surface area contributed by atoms with Gasteiger partial charge in [0, 0.05) is 69.1 Å². The molecule has 10 aliphatic rings. The Kier molecular flexibility index (Phi) is 11.3. The number of anilines is 2. The van der Waals surface area contributed by atoms with Crippen LogP contribution in [0.15, 0.2) is 48.5 Å². The van der Waals surface area contributed by atoms with Crippen LogP contribution in [-0.4, -0.2) is 128 Å². The van der Waals surface area contributed by atoms with Crippen molar-refractivity contribution in [1.29, 1.82) is 0 Å². The van der Waals surface area contributed by atoms with Gasteiger partial charge in [-0.15, -0.1) is 0 Å². The number of nitrogens with zero attached hydrogens (tertiary/aromatic N) is 6. The van der Waals surface area contributed by atoms with E-state index in [4.69, 9.17) is 19.4 Å². The number of nitrogens with one attached hydrogen (secondary N) is 4. The third-order valence-electron chi connectivity index (χ3n) is 21.6. The van der Waals surface area contributed by atoms with E-state index in [9.17, 15) is 19.8 Å². The van der Waals surface area contributed by atoms with Crippen LogP contribution in [0, 0.1) is 35.3 Å². The van der Waals surface area contributed by atoms with Crippen LogP contribution < -0.4 is 20.4 Å². The van der Waals surface area contributed by atoms with Crippen molar-refractivity contribution < 1.29 is 47.6 Å². The van der Waals surface area contributed by atoms with E-state index in [1.165, 1.54) is 12.1 Å². The number of aromatic amines is 2. The number of halogens is 2. The van der Waals surface area contributed by atoms with Gasteiger partial charge in [0.15, 0.2) is 22.7 Å². The van der Waals surface area contributed by atoms with Crippen molar-refractivity contribution in [2.75, 3.05) is 49.3 Å². The fraction of sp³-hybridized carbons (Fsp3) is 0.593. The van der Waals surface area contributed by atoms with Crippen molar-refractivity contribution in [3.8, 4) is 0 Å². The van der Waals surface area contributed by atoms with Gasteiger partial charge >= 0.3 is 12.2 Å². The first kappa shape index (κ1) is 49.5. The number of rotatable bonds is 8. The molecule has 6 N–H and O–H groups in total. The fourth-order valence-corrected chi connectivity index (χ4v) is 18.5. The zero-order valence-electron chi connectivity index (χ0n) is 44.3. The Bertz CT molecular complexity index is 3130. The predicted molar refractivity (Wildman–Crippen MR) is 285 cm³/mol. The Labute approximate surface area is 455 Å². The zero-order valence-corrected chi connectivity index (χ0v) is 44.3. The number of aromatic nitrogens is 4. The molecule has 4 amide bonds. The zero-order chi connectivity index (χ0) is 53.7. The van der Waals surface area contributed by atoms with Gasteiger partial charge in [-0.05, 0) is 156 Å². The van der Waals surface area contributed by atoms with E-state index >= 15 is 18.4 Å². The Morgan fingerprint density at radius 1 is 0.582 bits per heavy atom. The molecule has 0 radical (unpaired) electrons. The summed E-state index contributed by atoms with van der Waals surface area (Å²) in [4.78, 5) is 85.8. The molecule has 18 nitrogen and oxygen atoms in total. The van der Waals surface area contributed by atoms with Gasteiger partial charge in [-0.25, -0.2) is 28.3 Å². The number of ether oxygens (including phenoxy) is 2. The minimum absolute atomic E-state index is 0.0500. The highest BCUT2D eigenvalue weighted by Crippen LogP contribution is 2.63. The van der Waals surface area contributed by atoms with Gasteiger partial charge in [-0.1, -0.05) is 25.0 Å². The molecule has 416 valence electrons. The van der Waals surface area contributed by atoms with Crippen LogP contribution in [0.3, 0.4) is 0 Å². The van der Waals surface area contributed by atoms with E-state index < -0.39 is 93.8 Å². The van der Waals surface area contributed by atoms with Gasteiger partial charge in [-0.2, -0.15) is 0 Å². The van der Waals surface area contributed by atoms with Crippen LogP contribution in [0.2, 0.25) is 0 Å². The van der Waals surface area contributed by atoms with Gasteiger partial charge in [0.05, 0.1) is 45.2 Å². The summed E-state index contributed by atoms with van der Waals surface area (Å²) >= 11 is 0. The number of hydrogen-bond donors (Lipinski definition) is 6. The summed E-state index contributed by atoms with van der Waals surface area (Å²) in [6.07, 6.45) is 8.04. The Morgan fingerprint density at radius 3 is 1.48 bits per heavy atom. The molecule has 5 unspecified atom stereocenters. The molecule has 15 rings (SSSR count). The lowest BCUT2D eigenvalue weighted by molar-refractivity contribution is -0.152. The largest absolute Gasteiger partial charge is 0.465 e. The number of hydrogen-bond acceptors (Lipinski definition) is 10. The van der Waals surface area contributed by atoms with E-state index in [-0.39, 0.29) is 29.2 Å². The molecule has 3 aromatic carbocycles. The van der Waals surface area contributed by atoms with Crippen molar-refractivity contribution in [2.24, 2.45) is 23.7 Å². The Hall–Kier alpha value is -6.54. The second-order valence-corrected chi connectivity index (χ2v) is 24.8. The normalized spacial score (nSPS) is 34.5. The third kappa shape index (κ3) is 6.84. The summed E-state index contributed by atoms with van der Waals surface area (Å²) in [7, 11) is 0. The molecule has 6 bridgehead atoms. The van der Waals surface area contributed by atoms with E-state index in [0.717, 1.165) is 56.1 Å². The standard InChI is InChI=1S/C59H68F2N10O8/c60-39-30-38(31-40(61)49(39)68-20-2-1-3-21-68)69-45(47-28-34-6-4-18-56(34)36-8-10-41-43(26-36)64-50(62-41)58(66-54(74)75,52(72)70(47)56)32-14-22-78-23-15-32)12-13-46(69)48-29-35-7-5-19-57(35)37-9-11-42-44(27-37)65-51(63-42)59(67-55(76)77,53(73)71(48)57)33-16-24-79-25-17-33/h8-11,26-27,30-35,45-48,66-67H,1-7,12-25,28-29H2,(H,62,64)(H,63,65)(H,74,75)(H,76,77)/t34-,35?,45-,46+,47?,48?,56-,57?,58-,59?/m0/s1. The van der Waals surface area contributed by atoms with Crippen molar-refractivity contribution in [1.82, 2.24) is 40.4 Å². The average molecular weight is 1080 g/mol. The van der Waals surface area contributed by atoms with Crippen molar-refractivity contribution >= 4 is 57.4 Å². The molecule has 2 aliphatic carbocycles. The van der Waals surface area contributed by atoms with Crippen LogP contribution in [0.5, 0.6) is 0 Å². The van der Waals surface area contributed by atoms with E-state index in [1.54, 1.807) is 4.90 Å². The molecule has 79 heavy (non-hydrogen) atoms. The number of carbonyl (C=O) groups excluding carboxylic acids is 2. The first-order valence-corrected chi connectivity index (χ1v) is 29.3. The van der Waals surface area contributed by atoms with E-state index in [0.29, 0.717) is 131 Å². The molecular formula is C59H68F2N10O8. The quantitative estimate of drug-likeness (QED) is 0.0862. The molecule has 8 aliphatic heterocycles. The topological polar surface area (TPSA) is 222 Å². The number of fused-ring (bicyclic) bond motifs is 4. The second-order valence-electron chi connectivity index (χ2n) is 24.8. The molecule has 6 saturated heterocycles. The van der Waals surface area contributed by atoms with Crippen LogP contribution in [-0.2, 0) is 41.2 Å². The summed E-state index contributed by atoms with van der Waals surface area (Å²) in [6, 6.07) is 12.8. The van der Waals surface area contributed by atoms with E-state index in [1.807, 2.05) is 21.9 Å². The maximum absolute atomic E-state index is 17.4. The lowest BCUT2D eigenvalue weighted by Crippen LogP contribution is -2.68. The van der Waals surface area contributed by atoms with Crippen LogP contribution in [0.25, 0.3) is 22.1 Å². The van der Waals surface area contributed by atoms with Gasteiger partial charge in [-0.3, -0.25) is 9.59 Å². The summed E-state index contributed by atoms with van der Waals surface area (Å²) in [5, 5.41) is 27.6. The minimum Gasteiger partial charge on any atom is -0.465 e.